The Morgan fingerprint density at radius 3 is 2.52 bits per heavy atom. The molecule has 0 radical (unpaired) electrons. The number of hydrogen-bond donors (Lipinski definition) is 0. The summed E-state index contributed by atoms with van der Waals surface area (Å²) in [6.07, 6.45) is 6.20. The summed E-state index contributed by atoms with van der Waals surface area (Å²) in [6, 6.07) is 15.8. The molecule has 0 bridgehead atoms. The molecule has 2 aromatic rings. The highest BCUT2D eigenvalue weighted by molar-refractivity contribution is 7.74. The van der Waals surface area contributed by atoms with Crippen LogP contribution in [0.5, 0.6) is 0 Å². The second-order valence-corrected chi connectivity index (χ2v) is 8.62. The van der Waals surface area contributed by atoms with Gasteiger partial charge in [-0.3, -0.25) is 4.57 Å². The molecule has 1 aliphatic heterocycles. The lowest BCUT2D eigenvalue weighted by Gasteiger charge is -2.37. The third-order valence-electron chi connectivity index (χ3n) is 4.60. The van der Waals surface area contributed by atoms with Crippen molar-refractivity contribution in [1.82, 2.24) is 0 Å². The average molecular weight is 322 g/mol. The Morgan fingerprint density at radius 2 is 1.74 bits per heavy atom. The molecule has 1 aliphatic carbocycles. The molecular weight excluding hydrogens is 303 g/mol. The summed E-state index contributed by atoms with van der Waals surface area (Å²) >= 11 is 0. The first-order valence-corrected chi connectivity index (χ1v) is 9.52. The van der Waals surface area contributed by atoms with Crippen molar-refractivity contribution >= 4 is 18.0 Å². The van der Waals surface area contributed by atoms with Gasteiger partial charge in [-0.1, -0.05) is 59.7 Å². The van der Waals surface area contributed by atoms with Crippen LogP contribution in [0, 0.1) is 6.92 Å². The molecule has 0 saturated heterocycles. The SMILES string of the molecule is CC1=CC2OP(=O)(c3ccc(C)cc3)c3ccccc3C2C=C1. The van der Waals surface area contributed by atoms with Crippen LogP contribution in [0.2, 0.25) is 0 Å². The van der Waals surface area contributed by atoms with Crippen molar-refractivity contribution in [2.75, 3.05) is 0 Å². The predicted octanol–water partition coefficient (Wildman–Crippen LogP) is 4.22. The van der Waals surface area contributed by atoms with Crippen LogP contribution in [0.1, 0.15) is 24.0 Å². The van der Waals surface area contributed by atoms with E-state index in [0.29, 0.717) is 0 Å². The number of hydrogen-bond acceptors (Lipinski definition) is 2. The Hall–Kier alpha value is -1.89. The zero-order valence-corrected chi connectivity index (χ0v) is 14.2. The molecule has 0 saturated carbocycles. The van der Waals surface area contributed by atoms with Gasteiger partial charge in [0.15, 0.2) is 0 Å². The van der Waals surface area contributed by atoms with Gasteiger partial charge in [-0.2, -0.15) is 0 Å². The van der Waals surface area contributed by atoms with Gasteiger partial charge >= 0.3 is 0 Å². The highest BCUT2D eigenvalue weighted by Gasteiger charge is 2.42. The number of fused-ring (bicyclic) bond motifs is 3. The minimum Gasteiger partial charge on any atom is -0.314 e. The second kappa shape index (κ2) is 5.33. The van der Waals surface area contributed by atoms with Crippen LogP contribution in [0.25, 0.3) is 0 Å². The lowest BCUT2D eigenvalue weighted by molar-refractivity contribution is 0.235. The van der Waals surface area contributed by atoms with Crippen molar-refractivity contribution in [2.24, 2.45) is 0 Å². The Labute approximate surface area is 137 Å². The lowest BCUT2D eigenvalue weighted by Crippen LogP contribution is -2.35. The van der Waals surface area contributed by atoms with Crippen LogP contribution in [0.15, 0.2) is 72.3 Å². The van der Waals surface area contributed by atoms with Crippen LogP contribution in [-0.2, 0) is 9.09 Å². The van der Waals surface area contributed by atoms with Gasteiger partial charge in [0.25, 0.3) is 7.37 Å². The standard InChI is InChI=1S/C20H19O2P/c1-14-7-10-16(11-8-14)23(21)20-6-4-3-5-18(20)17-12-9-15(2)13-19(17)22-23/h3-13,17,19H,1-2H3. The van der Waals surface area contributed by atoms with E-state index in [9.17, 15) is 4.57 Å². The zero-order valence-electron chi connectivity index (χ0n) is 13.3. The van der Waals surface area contributed by atoms with E-state index in [1.165, 1.54) is 0 Å². The van der Waals surface area contributed by atoms with Gasteiger partial charge in [0.2, 0.25) is 0 Å². The number of allylic oxidation sites excluding steroid dienone is 2. The van der Waals surface area contributed by atoms with E-state index < -0.39 is 7.37 Å². The van der Waals surface area contributed by atoms with Crippen molar-refractivity contribution in [3.63, 3.8) is 0 Å². The van der Waals surface area contributed by atoms with E-state index in [2.05, 4.69) is 24.3 Å². The summed E-state index contributed by atoms with van der Waals surface area (Å²) in [5.74, 6) is 0.141. The van der Waals surface area contributed by atoms with Gasteiger partial charge in [-0.25, -0.2) is 0 Å². The third-order valence-corrected chi connectivity index (χ3v) is 7.16. The van der Waals surface area contributed by atoms with Gasteiger partial charge in [-0.05, 0) is 37.6 Å². The molecule has 3 unspecified atom stereocenters. The summed E-state index contributed by atoms with van der Waals surface area (Å²) in [6.45, 7) is 4.08. The van der Waals surface area contributed by atoms with Gasteiger partial charge in [0, 0.05) is 16.5 Å². The molecule has 0 fully saturated rings. The molecular formula is C20H19O2P. The first kappa shape index (κ1) is 14.7. The zero-order chi connectivity index (χ0) is 16.0. The maximum Gasteiger partial charge on any atom is 0.262 e. The Morgan fingerprint density at radius 1 is 1.00 bits per heavy atom. The van der Waals surface area contributed by atoms with Gasteiger partial charge in [0.05, 0.1) is 6.10 Å². The van der Waals surface area contributed by atoms with E-state index in [1.54, 1.807) is 0 Å². The molecule has 0 amide bonds. The fourth-order valence-electron chi connectivity index (χ4n) is 3.37. The summed E-state index contributed by atoms with van der Waals surface area (Å²) in [7, 11) is -3.07. The molecule has 2 aliphatic rings. The molecule has 3 heteroatoms. The van der Waals surface area contributed by atoms with Crippen LogP contribution in [0.3, 0.4) is 0 Å². The molecule has 0 N–H and O–H groups in total. The number of rotatable bonds is 1. The molecule has 4 rings (SSSR count). The van der Waals surface area contributed by atoms with Gasteiger partial charge in [0.1, 0.15) is 0 Å². The maximum absolute atomic E-state index is 13.9. The first-order valence-electron chi connectivity index (χ1n) is 7.90. The van der Waals surface area contributed by atoms with Crippen LogP contribution >= 0.6 is 7.37 Å². The first-order chi connectivity index (χ1) is 11.1. The highest BCUT2D eigenvalue weighted by atomic mass is 31.2. The average Bonchev–Trinajstić information content (AvgIpc) is 2.55. The van der Waals surface area contributed by atoms with Crippen molar-refractivity contribution < 1.29 is 9.09 Å². The molecule has 0 spiro atoms. The largest absolute Gasteiger partial charge is 0.314 e. The second-order valence-electron chi connectivity index (χ2n) is 6.31. The van der Waals surface area contributed by atoms with E-state index in [0.717, 1.165) is 27.3 Å². The summed E-state index contributed by atoms with van der Waals surface area (Å²) in [5, 5.41) is 1.61. The van der Waals surface area contributed by atoms with Crippen molar-refractivity contribution in [1.29, 1.82) is 0 Å². The minimum atomic E-state index is -3.07. The van der Waals surface area contributed by atoms with Crippen molar-refractivity contribution in [2.45, 2.75) is 25.9 Å². The molecule has 116 valence electrons. The van der Waals surface area contributed by atoms with E-state index in [1.807, 2.05) is 56.3 Å². The topological polar surface area (TPSA) is 26.3 Å². The normalized spacial score (nSPS) is 28.7. The van der Waals surface area contributed by atoms with Crippen LogP contribution in [-0.4, -0.2) is 6.10 Å². The van der Waals surface area contributed by atoms with E-state index in [-0.39, 0.29) is 12.0 Å². The molecule has 3 atom stereocenters. The summed E-state index contributed by atoms with van der Waals surface area (Å²) in [4.78, 5) is 0. The van der Waals surface area contributed by atoms with Gasteiger partial charge in [-0.15, -0.1) is 0 Å². The molecule has 23 heavy (non-hydrogen) atoms. The molecule has 1 heterocycles. The molecule has 2 nitrogen and oxygen atoms in total. The number of benzene rings is 2. The third kappa shape index (κ3) is 2.34. The summed E-state index contributed by atoms with van der Waals surface area (Å²) in [5.41, 5.74) is 3.42. The van der Waals surface area contributed by atoms with Gasteiger partial charge < -0.3 is 4.52 Å². The lowest BCUT2D eigenvalue weighted by atomic mass is 9.88. The minimum absolute atomic E-state index is 0.141. The molecule has 2 aromatic carbocycles. The molecule has 0 aromatic heterocycles. The summed E-state index contributed by atoms with van der Waals surface area (Å²) < 4.78 is 20.1. The van der Waals surface area contributed by atoms with Crippen molar-refractivity contribution in [3.05, 3.63) is 83.5 Å². The fourth-order valence-corrected chi connectivity index (χ4v) is 5.80. The Kier molecular flexibility index (Phi) is 3.41. The Balaban J connectivity index is 1.92. The van der Waals surface area contributed by atoms with Crippen LogP contribution in [0.4, 0.5) is 0 Å². The number of aryl methyl sites for hydroxylation is 1. The van der Waals surface area contributed by atoms with E-state index in [4.69, 9.17) is 4.52 Å². The van der Waals surface area contributed by atoms with E-state index >= 15 is 0 Å². The fraction of sp³-hybridized carbons (Fsp3) is 0.200. The highest BCUT2D eigenvalue weighted by Crippen LogP contribution is 2.54. The Bertz CT molecular complexity index is 861. The predicted molar refractivity (Wildman–Crippen MR) is 95.0 cm³/mol. The van der Waals surface area contributed by atoms with Crippen molar-refractivity contribution in [3.8, 4) is 0 Å². The van der Waals surface area contributed by atoms with Crippen LogP contribution < -0.4 is 10.6 Å². The quantitative estimate of drug-likeness (QED) is 0.735. The smallest absolute Gasteiger partial charge is 0.262 e. The maximum atomic E-state index is 13.9. The monoisotopic (exact) mass is 322 g/mol.